The summed E-state index contributed by atoms with van der Waals surface area (Å²) in [6, 6.07) is 11.5. The van der Waals surface area contributed by atoms with Gasteiger partial charge in [0.25, 0.3) is 0 Å². The molecule has 2 aromatic rings. The van der Waals surface area contributed by atoms with Crippen LogP contribution in [0.2, 0.25) is 0 Å². The number of carbonyl (C=O) groups is 1. The first-order valence-corrected chi connectivity index (χ1v) is 11.3. The molecule has 0 saturated heterocycles. The average molecular weight is 437 g/mol. The van der Waals surface area contributed by atoms with E-state index >= 15 is 0 Å². The number of nitrogens with zero attached hydrogens (tertiary/aromatic N) is 1. The van der Waals surface area contributed by atoms with Crippen LogP contribution >= 0.6 is 0 Å². The molecule has 0 aliphatic carbocycles. The van der Waals surface area contributed by atoms with E-state index in [0.29, 0.717) is 29.5 Å². The van der Waals surface area contributed by atoms with E-state index in [0.717, 1.165) is 16.1 Å². The Morgan fingerprint density at radius 3 is 2.43 bits per heavy atom. The normalized spacial score (nSPS) is 12.0. The van der Waals surface area contributed by atoms with Crippen LogP contribution in [-0.4, -0.2) is 48.0 Å². The number of hydrogen-bond acceptors (Lipinski definition) is 6. The Morgan fingerprint density at radius 1 is 1.10 bits per heavy atom. The molecule has 0 radical (unpaired) electrons. The molecule has 1 amide bonds. The van der Waals surface area contributed by atoms with Gasteiger partial charge in [0.1, 0.15) is 23.8 Å². The lowest BCUT2D eigenvalue weighted by molar-refractivity contribution is -0.120. The Balaban J connectivity index is 2.22. The highest BCUT2D eigenvalue weighted by molar-refractivity contribution is 7.92. The van der Waals surface area contributed by atoms with Crippen LogP contribution in [0.5, 0.6) is 17.2 Å². The van der Waals surface area contributed by atoms with Gasteiger partial charge in [0.2, 0.25) is 15.9 Å². The molecule has 30 heavy (non-hydrogen) atoms. The van der Waals surface area contributed by atoms with Gasteiger partial charge in [0.05, 0.1) is 38.8 Å². The van der Waals surface area contributed by atoms with E-state index in [9.17, 15) is 13.2 Å². The van der Waals surface area contributed by atoms with Gasteiger partial charge in [-0.2, -0.15) is 0 Å². The van der Waals surface area contributed by atoms with Crippen molar-refractivity contribution in [3.63, 3.8) is 0 Å². The van der Waals surface area contributed by atoms with Crippen LogP contribution in [0.15, 0.2) is 42.5 Å². The van der Waals surface area contributed by atoms with Crippen molar-refractivity contribution in [2.75, 3.05) is 37.9 Å². The number of benzene rings is 2. The molecule has 2 rings (SSSR count). The maximum atomic E-state index is 12.7. The highest BCUT2D eigenvalue weighted by Gasteiger charge is 2.23. The second-order valence-corrected chi connectivity index (χ2v) is 8.50. The largest absolute Gasteiger partial charge is 0.497 e. The Hall–Kier alpha value is -2.94. The quantitative estimate of drug-likeness (QED) is 0.616. The van der Waals surface area contributed by atoms with Crippen LogP contribution in [0.3, 0.4) is 0 Å². The third-order valence-electron chi connectivity index (χ3n) is 4.39. The zero-order chi connectivity index (χ0) is 22.3. The Labute approximate surface area is 177 Å². The van der Waals surface area contributed by atoms with Gasteiger partial charge in [-0.3, -0.25) is 9.10 Å². The molecule has 1 atom stereocenters. The fourth-order valence-corrected chi connectivity index (χ4v) is 3.82. The van der Waals surface area contributed by atoms with Crippen LogP contribution < -0.4 is 23.8 Å². The minimum atomic E-state index is -3.70. The highest BCUT2D eigenvalue weighted by Crippen LogP contribution is 2.29. The smallest absolute Gasteiger partial charge is 0.241 e. The summed E-state index contributed by atoms with van der Waals surface area (Å²) in [4.78, 5) is 12.7. The van der Waals surface area contributed by atoms with Crippen LogP contribution in [0.4, 0.5) is 5.69 Å². The Bertz CT molecular complexity index is 977. The third-order valence-corrected chi connectivity index (χ3v) is 5.53. The van der Waals surface area contributed by atoms with Crippen LogP contribution in [0.1, 0.15) is 25.5 Å². The summed E-state index contributed by atoms with van der Waals surface area (Å²) in [5.41, 5.74) is 1.07. The second-order valence-electron chi connectivity index (χ2n) is 6.60. The molecule has 8 nitrogen and oxygen atoms in total. The van der Waals surface area contributed by atoms with Crippen molar-refractivity contribution in [3.05, 3.63) is 48.0 Å². The average Bonchev–Trinajstić information content (AvgIpc) is 2.71. The minimum Gasteiger partial charge on any atom is -0.497 e. The van der Waals surface area contributed by atoms with Gasteiger partial charge >= 0.3 is 0 Å². The molecule has 0 saturated carbocycles. The Morgan fingerprint density at radius 2 is 1.83 bits per heavy atom. The van der Waals surface area contributed by atoms with E-state index in [-0.39, 0.29) is 6.54 Å². The van der Waals surface area contributed by atoms with Crippen molar-refractivity contribution < 1.29 is 27.4 Å². The maximum Gasteiger partial charge on any atom is 0.241 e. The fraction of sp³-hybridized carbons (Fsp3) is 0.381. The van der Waals surface area contributed by atoms with Crippen LogP contribution in [0, 0.1) is 0 Å². The van der Waals surface area contributed by atoms with Gasteiger partial charge in [0.15, 0.2) is 0 Å². The van der Waals surface area contributed by atoms with E-state index < -0.39 is 22.0 Å². The van der Waals surface area contributed by atoms with Crippen molar-refractivity contribution in [2.45, 2.75) is 19.9 Å². The first kappa shape index (κ1) is 23.3. The molecular weight excluding hydrogens is 408 g/mol. The molecule has 164 valence electrons. The predicted octanol–water partition coefficient (Wildman–Crippen LogP) is 2.75. The van der Waals surface area contributed by atoms with Crippen molar-refractivity contribution in [1.82, 2.24) is 5.32 Å². The summed E-state index contributed by atoms with van der Waals surface area (Å²) in [7, 11) is -0.607. The van der Waals surface area contributed by atoms with E-state index in [4.69, 9.17) is 14.2 Å². The first-order valence-electron chi connectivity index (χ1n) is 9.41. The summed E-state index contributed by atoms with van der Waals surface area (Å²) in [6.07, 6.45) is 1.06. The molecule has 0 spiro atoms. The number of carbonyl (C=O) groups excluding carboxylic acids is 1. The molecule has 1 N–H and O–H groups in total. The fourth-order valence-electron chi connectivity index (χ4n) is 2.97. The summed E-state index contributed by atoms with van der Waals surface area (Å²) in [6.45, 7) is 3.70. The predicted molar refractivity (Wildman–Crippen MR) is 116 cm³/mol. The number of methoxy groups -OCH3 is 2. The lowest BCUT2D eigenvalue weighted by atomic mass is 10.1. The maximum absolute atomic E-state index is 12.7. The summed E-state index contributed by atoms with van der Waals surface area (Å²) in [5.74, 6) is 1.28. The molecule has 9 heteroatoms. The van der Waals surface area contributed by atoms with Crippen LogP contribution in [-0.2, 0) is 14.8 Å². The molecule has 2 aromatic carbocycles. The van der Waals surface area contributed by atoms with Crippen LogP contribution in [0.25, 0.3) is 0 Å². The van der Waals surface area contributed by atoms with Gasteiger partial charge in [-0.1, -0.05) is 6.07 Å². The van der Waals surface area contributed by atoms with Crippen molar-refractivity contribution in [2.24, 2.45) is 0 Å². The number of ether oxygens (including phenoxy) is 3. The van der Waals surface area contributed by atoms with Gasteiger partial charge in [-0.15, -0.1) is 0 Å². The summed E-state index contributed by atoms with van der Waals surface area (Å²) in [5, 5.41) is 2.82. The van der Waals surface area contributed by atoms with Gasteiger partial charge in [0, 0.05) is 11.6 Å². The number of nitrogens with one attached hydrogen (secondary N) is 1. The Kier molecular flexibility index (Phi) is 7.93. The molecule has 0 aliphatic heterocycles. The highest BCUT2D eigenvalue weighted by atomic mass is 32.2. The zero-order valence-corrected chi connectivity index (χ0v) is 18.7. The molecule has 0 bridgehead atoms. The van der Waals surface area contributed by atoms with Crippen molar-refractivity contribution >= 4 is 21.6 Å². The lowest BCUT2D eigenvalue weighted by Gasteiger charge is -2.24. The van der Waals surface area contributed by atoms with Crippen molar-refractivity contribution in [3.8, 4) is 17.2 Å². The standard InChI is InChI=1S/C21H28N2O6S/c1-6-29-18-9-7-8-16(12-18)23(30(5,25)26)14-21(24)22-15(2)19-13-17(27-3)10-11-20(19)28-4/h7-13,15H,6,14H2,1-5H3,(H,22,24)/t15-/m0/s1. The molecular formula is C21H28N2O6S. The first-order chi connectivity index (χ1) is 14.2. The summed E-state index contributed by atoms with van der Waals surface area (Å²) >= 11 is 0. The van der Waals surface area contributed by atoms with E-state index in [1.165, 1.54) is 7.11 Å². The molecule has 0 aromatic heterocycles. The third kappa shape index (κ3) is 6.03. The summed E-state index contributed by atoms with van der Waals surface area (Å²) < 4.78 is 41.8. The van der Waals surface area contributed by atoms with Crippen molar-refractivity contribution in [1.29, 1.82) is 0 Å². The number of rotatable bonds is 10. The van der Waals surface area contributed by atoms with Gasteiger partial charge < -0.3 is 19.5 Å². The molecule has 0 unspecified atom stereocenters. The number of anilines is 1. The molecule has 0 fully saturated rings. The van der Waals surface area contributed by atoms with E-state index in [1.54, 1.807) is 56.5 Å². The number of hydrogen-bond donors (Lipinski definition) is 1. The lowest BCUT2D eigenvalue weighted by Crippen LogP contribution is -2.41. The number of amides is 1. The molecule has 0 heterocycles. The minimum absolute atomic E-state index is 0.352. The SMILES string of the molecule is CCOc1cccc(N(CC(=O)N[C@@H](C)c2cc(OC)ccc2OC)S(C)(=O)=O)c1. The second kappa shape index (κ2) is 10.2. The van der Waals surface area contributed by atoms with E-state index in [1.807, 2.05) is 6.92 Å². The molecule has 0 aliphatic rings. The number of sulfonamides is 1. The monoisotopic (exact) mass is 436 g/mol. The topological polar surface area (TPSA) is 94.2 Å². The van der Waals surface area contributed by atoms with E-state index in [2.05, 4.69) is 5.32 Å². The van der Waals surface area contributed by atoms with Gasteiger partial charge in [-0.05, 0) is 44.2 Å². The van der Waals surface area contributed by atoms with Gasteiger partial charge in [-0.25, -0.2) is 8.42 Å². The zero-order valence-electron chi connectivity index (χ0n) is 17.8.